The largest absolute Gasteiger partial charge is 0.330 e. The zero-order valence-electron chi connectivity index (χ0n) is 5.94. The standard InChI is InChI=1S/C8H12ClN/c1-3-8(9)6-7(2)4-5-10/h3,6H,1-2,4-5,10H2/b8-6+. The van der Waals surface area contributed by atoms with Crippen molar-refractivity contribution in [2.45, 2.75) is 6.42 Å². The second kappa shape index (κ2) is 5.27. The van der Waals surface area contributed by atoms with Gasteiger partial charge in [0.05, 0.1) is 0 Å². The predicted molar refractivity (Wildman–Crippen MR) is 46.9 cm³/mol. The van der Waals surface area contributed by atoms with Gasteiger partial charge in [-0.25, -0.2) is 0 Å². The van der Waals surface area contributed by atoms with E-state index in [1.54, 1.807) is 12.2 Å². The van der Waals surface area contributed by atoms with Crippen molar-refractivity contribution < 1.29 is 0 Å². The van der Waals surface area contributed by atoms with Gasteiger partial charge in [-0.05, 0) is 19.0 Å². The van der Waals surface area contributed by atoms with Gasteiger partial charge < -0.3 is 5.73 Å². The smallest absolute Gasteiger partial charge is 0.0402 e. The summed E-state index contributed by atoms with van der Waals surface area (Å²) < 4.78 is 0. The summed E-state index contributed by atoms with van der Waals surface area (Å²) in [6.45, 7) is 7.85. The van der Waals surface area contributed by atoms with E-state index in [-0.39, 0.29) is 0 Å². The van der Waals surface area contributed by atoms with E-state index in [2.05, 4.69) is 13.2 Å². The highest BCUT2D eigenvalue weighted by molar-refractivity contribution is 6.31. The molecule has 10 heavy (non-hydrogen) atoms. The number of hydrogen-bond donors (Lipinski definition) is 1. The van der Waals surface area contributed by atoms with Gasteiger partial charge in [0.1, 0.15) is 0 Å². The molecule has 0 rings (SSSR count). The Morgan fingerprint density at radius 3 is 2.60 bits per heavy atom. The average Bonchev–Trinajstić information content (AvgIpc) is 1.88. The van der Waals surface area contributed by atoms with Crippen molar-refractivity contribution in [3.05, 3.63) is 35.9 Å². The van der Waals surface area contributed by atoms with Crippen LogP contribution in [0.5, 0.6) is 0 Å². The van der Waals surface area contributed by atoms with Crippen LogP contribution in [0.3, 0.4) is 0 Å². The third-order valence-corrected chi connectivity index (χ3v) is 1.27. The summed E-state index contributed by atoms with van der Waals surface area (Å²) in [6.07, 6.45) is 4.12. The van der Waals surface area contributed by atoms with Gasteiger partial charge in [-0.2, -0.15) is 0 Å². The van der Waals surface area contributed by atoms with Crippen LogP contribution in [0.2, 0.25) is 0 Å². The van der Waals surface area contributed by atoms with Gasteiger partial charge >= 0.3 is 0 Å². The maximum absolute atomic E-state index is 5.64. The molecule has 0 bridgehead atoms. The second-order valence-corrected chi connectivity index (χ2v) is 2.37. The summed E-state index contributed by atoms with van der Waals surface area (Å²) in [5.74, 6) is 0. The van der Waals surface area contributed by atoms with Crippen LogP contribution in [-0.2, 0) is 0 Å². The first-order chi connectivity index (χ1) is 4.70. The van der Waals surface area contributed by atoms with Gasteiger partial charge in [-0.3, -0.25) is 0 Å². The number of rotatable bonds is 4. The van der Waals surface area contributed by atoms with Crippen LogP contribution >= 0.6 is 11.6 Å². The molecule has 0 heterocycles. The van der Waals surface area contributed by atoms with Crippen molar-refractivity contribution >= 4 is 11.6 Å². The molecule has 0 spiro atoms. The summed E-state index contributed by atoms with van der Waals surface area (Å²) in [6, 6.07) is 0. The maximum atomic E-state index is 5.64. The molecule has 0 unspecified atom stereocenters. The molecule has 0 saturated carbocycles. The van der Waals surface area contributed by atoms with E-state index in [1.807, 2.05) is 0 Å². The van der Waals surface area contributed by atoms with Crippen molar-refractivity contribution in [3.8, 4) is 0 Å². The Labute approximate surface area is 66.9 Å². The molecule has 2 heteroatoms. The zero-order chi connectivity index (χ0) is 7.98. The third-order valence-electron chi connectivity index (χ3n) is 1.00. The lowest BCUT2D eigenvalue weighted by molar-refractivity contribution is 0.977. The van der Waals surface area contributed by atoms with Gasteiger partial charge in [-0.1, -0.05) is 36.4 Å². The lowest BCUT2D eigenvalue weighted by Gasteiger charge is -1.94. The van der Waals surface area contributed by atoms with Crippen molar-refractivity contribution in [2.24, 2.45) is 5.73 Å². The van der Waals surface area contributed by atoms with Gasteiger partial charge in [0.2, 0.25) is 0 Å². The lowest BCUT2D eigenvalue weighted by atomic mass is 10.2. The normalized spacial score (nSPS) is 11.2. The van der Waals surface area contributed by atoms with Gasteiger partial charge in [0.25, 0.3) is 0 Å². The summed E-state index contributed by atoms with van der Waals surface area (Å²) >= 11 is 5.64. The first kappa shape index (κ1) is 9.47. The molecule has 0 aliphatic carbocycles. The van der Waals surface area contributed by atoms with E-state index in [9.17, 15) is 0 Å². The van der Waals surface area contributed by atoms with Gasteiger partial charge in [0.15, 0.2) is 0 Å². The highest BCUT2D eigenvalue weighted by Gasteiger charge is 1.88. The van der Waals surface area contributed by atoms with Crippen LogP contribution in [0.15, 0.2) is 35.9 Å². The molecule has 0 aliphatic rings. The Bertz CT molecular complexity index is 159. The minimum atomic E-state index is 0.608. The van der Waals surface area contributed by atoms with E-state index >= 15 is 0 Å². The van der Waals surface area contributed by atoms with E-state index in [0.29, 0.717) is 11.6 Å². The lowest BCUT2D eigenvalue weighted by Crippen LogP contribution is -1.98. The quantitative estimate of drug-likeness (QED) is 0.623. The molecular weight excluding hydrogens is 146 g/mol. The Morgan fingerprint density at radius 1 is 1.60 bits per heavy atom. The summed E-state index contributed by atoms with van der Waals surface area (Å²) in [5, 5.41) is 0.610. The molecule has 0 aromatic carbocycles. The minimum absolute atomic E-state index is 0.608. The van der Waals surface area contributed by atoms with Crippen LogP contribution in [-0.4, -0.2) is 6.54 Å². The van der Waals surface area contributed by atoms with Crippen molar-refractivity contribution in [2.75, 3.05) is 6.54 Å². The minimum Gasteiger partial charge on any atom is -0.330 e. The molecule has 0 aromatic rings. The zero-order valence-corrected chi connectivity index (χ0v) is 6.69. The Balaban J connectivity index is 3.86. The van der Waals surface area contributed by atoms with Crippen molar-refractivity contribution in [1.82, 2.24) is 0 Å². The van der Waals surface area contributed by atoms with Gasteiger partial charge in [0, 0.05) is 5.03 Å². The second-order valence-electron chi connectivity index (χ2n) is 1.93. The van der Waals surface area contributed by atoms with Crippen LogP contribution < -0.4 is 5.73 Å². The topological polar surface area (TPSA) is 26.0 Å². The van der Waals surface area contributed by atoms with Crippen LogP contribution in [0.25, 0.3) is 0 Å². The van der Waals surface area contributed by atoms with E-state index in [1.165, 1.54) is 0 Å². The predicted octanol–water partition coefficient (Wildman–Crippen LogP) is 2.20. The number of halogens is 1. The number of hydrogen-bond acceptors (Lipinski definition) is 1. The van der Waals surface area contributed by atoms with Crippen molar-refractivity contribution in [3.63, 3.8) is 0 Å². The molecule has 0 atom stereocenters. The van der Waals surface area contributed by atoms with Gasteiger partial charge in [-0.15, -0.1) is 0 Å². The maximum Gasteiger partial charge on any atom is 0.0402 e. The summed E-state index contributed by atoms with van der Waals surface area (Å²) in [7, 11) is 0. The Hall–Kier alpha value is -0.530. The fourth-order valence-electron chi connectivity index (χ4n) is 0.511. The van der Waals surface area contributed by atoms with Crippen molar-refractivity contribution in [1.29, 1.82) is 0 Å². The van der Waals surface area contributed by atoms with Crippen LogP contribution in [0.1, 0.15) is 6.42 Å². The molecule has 0 aromatic heterocycles. The molecular formula is C8H12ClN. The fourth-order valence-corrected chi connectivity index (χ4v) is 0.666. The highest BCUT2D eigenvalue weighted by atomic mass is 35.5. The number of allylic oxidation sites excluding steroid dienone is 3. The fraction of sp³-hybridized carbons (Fsp3) is 0.250. The molecule has 0 saturated heterocycles. The van der Waals surface area contributed by atoms with Crippen LogP contribution in [0.4, 0.5) is 0 Å². The third kappa shape index (κ3) is 4.36. The molecule has 56 valence electrons. The molecule has 0 aliphatic heterocycles. The molecule has 0 fully saturated rings. The van der Waals surface area contributed by atoms with E-state index < -0.39 is 0 Å². The van der Waals surface area contributed by atoms with Crippen LogP contribution in [0, 0.1) is 0 Å². The highest BCUT2D eigenvalue weighted by Crippen LogP contribution is 2.07. The Morgan fingerprint density at radius 2 is 2.20 bits per heavy atom. The first-order valence-electron chi connectivity index (χ1n) is 3.08. The Kier molecular flexibility index (Phi) is 4.99. The molecule has 0 amide bonds. The SMILES string of the molecule is C=C/C(Cl)=C\C(=C)CCN. The summed E-state index contributed by atoms with van der Waals surface area (Å²) in [4.78, 5) is 0. The summed E-state index contributed by atoms with van der Waals surface area (Å²) in [5.41, 5.74) is 6.23. The average molecular weight is 158 g/mol. The van der Waals surface area contributed by atoms with E-state index in [0.717, 1.165) is 12.0 Å². The molecule has 1 nitrogen and oxygen atoms in total. The molecule has 2 N–H and O–H groups in total. The molecule has 0 radical (unpaired) electrons. The first-order valence-corrected chi connectivity index (χ1v) is 3.46. The van der Waals surface area contributed by atoms with E-state index in [4.69, 9.17) is 17.3 Å². The number of nitrogens with two attached hydrogens (primary N) is 1. The monoisotopic (exact) mass is 157 g/mol.